The quantitative estimate of drug-likeness (QED) is 0.741. The number of likely N-dealkylation sites (tertiary alicyclic amines) is 2. The Morgan fingerprint density at radius 1 is 1.05 bits per heavy atom. The van der Waals surface area contributed by atoms with Crippen molar-refractivity contribution < 1.29 is 19.8 Å². The average Bonchev–Trinajstić information content (AvgIpc) is 2.72. The van der Waals surface area contributed by atoms with Crippen molar-refractivity contribution in [1.29, 1.82) is 0 Å². The molecule has 0 bridgehead atoms. The lowest BCUT2D eigenvalue weighted by Gasteiger charge is -2.40. The van der Waals surface area contributed by atoms with Crippen molar-refractivity contribution in [2.75, 3.05) is 19.6 Å². The molecule has 0 aromatic heterocycles. The number of hydrogen-bond donors (Lipinski definition) is 2. The molecular formula is C13H22N2O4. The van der Waals surface area contributed by atoms with Crippen molar-refractivity contribution in [1.82, 2.24) is 9.80 Å². The van der Waals surface area contributed by atoms with Gasteiger partial charge in [0.15, 0.2) is 0 Å². The Balaban J connectivity index is 2.06. The number of nitrogens with zero attached hydrogens (tertiary/aromatic N) is 2. The minimum Gasteiger partial charge on any atom is -0.480 e. The van der Waals surface area contributed by atoms with Crippen LogP contribution < -0.4 is 0 Å². The molecule has 0 aliphatic carbocycles. The third-order valence-electron chi connectivity index (χ3n) is 4.44. The molecule has 2 rings (SSSR count). The summed E-state index contributed by atoms with van der Waals surface area (Å²) in [6.07, 6.45) is 2.30. The van der Waals surface area contributed by atoms with E-state index in [0.717, 1.165) is 6.42 Å². The lowest BCUT2D eigenvalue weighted by molar-refractivity contribution is -0.147. The van der Waals surface area contributed by atoms with E-state index in [0.29, 0.717) is 38.9 Å². The molecule has 1 unspecified atom stereocenters. The molecule has 0 aromatic rings. The molecule has 2 fully saturated rings. The smallest absolute Gasteiger partial charge is 0.329 e. The maximum Gasteiger partial charge on any atom is 0.329 e. The number of aliphatic hydroxyl groups is 1. The van der Waals surface area contributed by atoms with Gasteiger partial charge in [-0.25, -0.2) is 9.59 Å². The highest BCUT2D eigenvalue weighted by molar-refractivity contribution is 5.86. The van der Waals surface area contributed by atoms with Gasteiger partial charge in [-0.2, -0.15) is 0 Å². The summed E-state index contributed by atoms with van der Waals surface area (Å²) in [6, 6.07) is -0.210. The fourth-order valence-corrected chi connectivity index (χ4v) is 2.84. The normalized spacial score (nSPS) is 30.5. The molecule has 2 heterocycles. The second-order valence-electron chi connectivity index (χ2n) is 6.10. The van der Waals surface area contributed by atoms with E-state index in [2.05, 4.69) is 0 Å². The fourth-order valence-electron chi connectivity index (χ4n) is 2.84. The zero-order valence-electron chi connectivity index (χ0n) is 11.6. The minimum absolute atomic E-state index is 0.210. The molecule has 2 aliphatic rings. The zero-order chi connectivity index (χ0) is 14.3. The number of aliphatic carboxylic acids is 1. The number of amides is 2. The van der Waals surface area contributed by atoms with E-state index >= 15 is 0 Å². The first-order chi connectivity index (χ1) is 8.76. The Morgan fingerprint density at radius 3 is 2.16 bits per heavy atom. The first-order valence-electron chi connectivity index (χ1n) is 6.79. The number of urea groups is 1. The van der Waals surface area contributed by atoms with Crippen LogP contribution in [0.5, 0.6) is 0 Å². The lowest BCUT2D eigenvalue weighted by atomic mass is 9.94. The second kappa shape index (κ2) is 4.67. The summed E-state index contributed by atoms with van der Waals surface area (Å²) in [5.41, 5.74) is -1.80. The Bertz CT molecular complexity index is 386. The van der Waals surface area contributed by atoms with E-state index in [1.807, 2.05) is 0 Å². The van der Waals surface area contributed by atoms with Gasteiger partial charge in [0.1, 0.15) is 5.54 Å². The summed E-state index contributed by atoms with van der Waals surface area (Å²) in [5.74, 6) is -0.942. The molecule has 0 aromatic carbocycles. The van der Waals surface area contributed by atoms with E-state index < -0.39 is 17.1 Å². The number of carboxylic acids is 1. The molecule has 6 nitrogen and oxygen atoms in total. The SMILES string of the molecule is CC1(O)CCN(C(=O)N2CCCC2(C)C(=O)O)CC1. The predicted molar refractivity (Wildman–Crippen MR) is 68.8 cm³/mol. The molecule has 108 valence electrons. The van der Waals surface area contributed by atoms with E-state index in [9.17, 15) is 19.8 Å². The van der Waals surface area contributed by atoms with Crippen LogP contribution in [0.2, 0.25) is 0 Å². The topological polar surface area (TPSA) is 81.1 Å². The van der Waals surface area contributed by atoms with Gasteiger partial charge >= 0.3 is 12.0 Å². The molecule has 0 saturated carbocycles. The molecule has 6 heteroatoms. The van der Waals surface area contributed by atoms with E-state index in [4.69, 9.17) is 0 Å². The van der Waals surface area contributed by atoms with Gasteiger partial charge in [0.05, 0.1) is 5.60 Å². The number of hydrogen-bond acceptors (Lipinski definition) is 3. The molecule has 2 amide bonds. The molecule has 19 heavy (non-hydrogen) atoms. The fraction of sp³-hybridized carbons (Fsp3) is 0.846. The van der Waals surface area contributed by atoms with Crippen LogP contribution in [-0.4, -0.2) is 62.8 Å². The van der Waals surface area contributed by atoms with Crippen molar-refractivity contribution in [3.8, 4) is 0 Å². The van der Waals surface area contributed by atoms with Crippen LogP contribution in [0.25, 0.3) is 0 Å². The highest BCUT2D eigenvalue weighted by atomic mass is 16.4. The maximum atomic E-state index is 12.4. The van der Waals surface area contributed by atoms with Crippen LogP contribution in [0.15, 0.2) is 0 Å². The van der Waals surface area contributed by atoms with Crippen LogP contribution >= 0.6 is 0 Å². The van der Waals surface area contributed by atoms with Crippen LogP contribution in [-0.2, 0) is 4.79 Å². The van der Waals surface area contributed by atoms with Crippen molar-refractivity contribution in [3.05, 3.63) is 0 Å². The molecule has 1 atom stereocenters. The van der Waals surface area contributed by atoms with Crippen LogP contribution in [0.3, 0.4) is 0 Å². The minimum atomic E-state index is -1.09. The number of carbonyl (C=O) groups is 2. The van der Waals surface area contributed by atoms with Crippen molar-refractivity contribution in [2.45, 2.75) is 50.7 Å². The third kappa shape index (κ3) is 2.54. The van der Waals surface area contributed by atoms with Gasteiger partial charge in [-0.15, -0.1) is 0 Å². The second-order valence-corrected chi connectivity index (χ2v) is 6.10. The molecule has 0 radical (unpaired) electrons. The Kier molecular flexibility index (Phi) is 3.47. The summed E-state index contributed by atoms with van der Waals surface area (Å²) in [4.78, 5) is 26.9. The molecule has 2 aliphatic heterocycles. The van der Waals surface area contributed by atoms with Gasteiger partial charge < -0.3 is 20.0 Å². The first-order valence-corrected chi connectivity index (χ1v) is 6.79. The van der Waals surface area contributed by atoms with Gasteiger partial charge in [0.2, 0.25) is 0 Å². The molecular weight excluding hydrogens is 248 g/mol. The molecule has 2 N–H and O–H groups in total. The largest absolute Gasteiger partial charge is 0.480 e. The van der Waals surface area contributed by atoms with Gasteiger partial charge in [0, 0.05) is 19.6 Å². The van der Waals surface area contributed by atoms with Gasteiger partial charge in [0.25, 0.3) is 0 Å². The zero-order valence-corrected chi connectivity index (χ0v) is 11.6. The first kappa shape index (κ1) is 14.1. The van der Waals surface area contributed by atoms with Crippen LogP contribution in [0, 0.1) is 0 Å². The molecule has 0 spiro atoms. The van der Waals surface area contributed by atoms with Gasteiger partial charge in [-0.1, -0.05) is 0 Å². The van der Waals surface area contributed by atoms with E-state index in [1.54, 1.807) is 18.7 Å². The van der Waals surface area contributed by atoms with Crippen molar-refractivity contribution >= 4 is 12.0 Å². The Hall–Kier alpha value is -1.30. The summed E-state index contributed by atoms with van der Waals surface area (Å²) < 4.78 is 0. The van der Waals surface area contributed by atoms with E-state index in [-0.39, 0.29) is 6.03 Å². The molecule has 2 saturated heterocycles. The van der Waals surface area contributed by atoms with E-state index in [1.165, 1.54) is 4.90 Å². The van der Waals surface area contributed by atoms with Crippen molar-refractivity contribution in [2.24, 2.45) is 0 Å². The van der Waals surface area contributed by atoms with Gasteiger partial charge in [-0.3, -0.25) is 0 Å². The van der Waals surface area contributed by atoms with Crippen molar-refractivity contribution in [3.63, 3.8) is 0 Å². The number of rotatable bonds is 1. The monoisotopic (exact) mass is 270 g/mol. The highest BCUT2D eigenvalue weighted by Crippen LogP contribution is 2.31. The summed E-state index contributed by atoms with van der Waals surface area (Å²) in [6.45, 7) is 4.84. The number of carbonyl (C=O) groups excluding carboxylic acids is 1. The summed E-state index contributed by atoms with van der Waals surface area (Å²) in [7, 11) is 0. The Labute approximate surface area is 113 Å². The van der Waals surface area contributed by atoms with Crippen LogP contribution in [0.1, 0.15) is 39.5 Å². The summed E-state index contributed by atoms with van der Waals surface area (Å²) >= 11 is 0. The highest BCUT2D eigenvalue weighted by Gasteiger charge is 2.47. The van der Waals surface area contributed by atoms with Gasteiger partial charge in [-0.05, 0) is 39.5 Å². The average molecular weight is 270 g/mol. The number of piperidine rings is 1. The Morgan fingerprint density at radius 2 is 1.63 bits per heavy atom. The third-order valence-corrected chi connectivity index (χ3v) is 4.44. The predicted octanol–water partition coefficient (Wildman–Crippen LogP) is 0.892. The maximum absolute atomic E-state index is 12.4. The summed E-state index contributed by atoms with van der Waals surface area (Å²) in [5, 5.41) is 19.2. The number of carboxylic acid groups (broad SMARTS) is 1. The lowest BCUT2D eigenvalue weighted by Crippen LogP contribution is -2.57. The van der Waals surface area contributed by atoms with Crippen LogP contribution in [0.4, 0.5) is 4.79 Å². The standard InChI is InChI=1S/C13H22N2O4/c1-12(19)5-8-14(9-6-12)11(18)15-7-3-4-13(15,2)10(16)17/h19H,3-9H2,1-2H3,(H,16,17).